The molecule has 0 saturated carbocycles. The van der Waals surface area contributed by atoms with Gasteiger partial charge < -0.3 is 10.0 Å². The van der Waals surface area contributed by atoms with Crippen molar-refractivity contribution in [3.8, 4) is 0 Å². The van der Waals surface area contributed by atoms with Crippen molar-refractivity contribution in [1.29, 1.82) is 0 Å². The van der Waals surface area contributed by atoms with Gasteiger partial charge in [-0.2, -0.15) is 0 Å². The van der Waals surface area contributed by atoms with Crippen LogP contribution in [0.2, 0.25) is 0 Å². The topological polar surface area (TPSA) is 66.3 Å². The largest absolute Gasteiger partial charge is 0.393 e. The Hall–Kier alpha value is -1.49. The first kappa shape index (κ1) is 12.0. The van der Waals surface area contributed by atoms with Crippen molar-refractivity contribution in [1.82, 2.24) is 14.9 Å². The van der Waals surface area contributed by atoms with Crippen molar-refractivity contribution >= 4 is 5.91 Å². The number of aromatic nitrogens is 2. The van der Waals surface area contributed by atoms with Crippen molar-refractivity contribution in [3.05, 3.63) is 24.3 Å². The Morgan fingerprint density at radius 3 is 3.06 bits per heavy atom. The van der Waals surface area contributed by atoms with E-state index in [-0.39, 0.29) is 17.9 Å². The fourth-order valence-corrected chi connectivity index (χ4v) is 2.16. The lowest BCUT2D eigenvalue weighted by atomic mass is 9.93. The molecule has 1 saturated heterocycles. The molecule has 1 fully saturated rings. The van der Waals surface area contributed by atoms with Crippen LogP contribution < -0.4 is 0 Å². The zero-order chi connectivity index (χ0) is 12.3. The summed E-state index contributed by atoms with van der Waals surface area (Å²) in [7, 11) is 0. The van der Waals surface area contributed by atoms with Gasteiger partial charge in [-0.15, -0.1) is 0 Å². The Morgan fingerprint density at radius 2 is 2.41 bits per heavy atom. The summed E-state index contributed by atoms with van der Waals surface area (Å²) >= 11 is 0. The number of hydrogen-bond donors (Lipinski definition) is 1. The molecule has 1 amide bonds. The van der Waals surface area contributed by atoms with Crippen LogP contribution in [0.15, 0.2) is 18.6 Å². The van der Waals surface area contributed by atoms with Gasteiger partial charge in [0.2, 0.25) is 0 Å². The molecule has 1 N–H and O–H groups in total. The van der Waals surface area contributed by atoms with E-state index < -0.39 is 0 Å². The Bertz CT molecular complexity index is 381. The monoisotopic (exact) mass is 235 g/mol. The summed E-state index contributed by atoms with van der Waals surface area (Å²) in [6, 6.07) is 0. The summed E-state index contributed by atoms with van der Waals surface area (Å²) in [5.74, 6) is 0.0767. The lowest BCUT2D eigenvalue weighted by Gasteiger charge is -2.33. The minimum atomic E-state index is -0.368. The summed E-state index contributed by atoms with van der Waals surface area (Å²) in [5.41, 5.74) is 0.374. The molecule has 0 aliphatic carbocycles. The van der Waals surface area contributed by atoms with Crippen LogP contribution in [0, 0.1) is 5.92 Å². The SMILES string of the molecule is CC(O)C1CCCN(C(=O)c2cnccn2)C1. The molecule has 17 heavy (non-hydrogen) atoms. The molecule has 0 spiro atoms. The lowest BCUT2D eigenvalue weighted by Crippen LogP contribution is -2.43. The number of nitrogens with zero attached hydrogens (tertiary/aromatic N) is 3. The summed E-state index contributed by atoms with van der Waals surface area (Å²) in [5, 5.41) is 9.58. The van der Waals surface area contributed by atoms with Crippen molar-refractivity contribution in [2.24, 2.45) is 5.92 Å². The Morgan fingerprint density at radius 1 is 1.59 bits per heavy atom. The van der Waals surface area contributed by atoms with Gasteiger partial charge in [-0.05, 0) is 19.8 Å². The van der Waals surface area contributed by atoms with Crippen molar-refractivity contribution in [3.63, 3.8) is 0 Å². The Balaban J connectivity index is 2.05. The number of rotatable bonds is 2. The molecular formula is C12H17N3O2. The van der Waals surface area contributed by atoms with Crippen molar-refractivity contribution < 1.29 is 9.90 Å². The number of likely N-dealkylation sites (tertiary alicyclic amines) is 1. The molecule has 0 bridgehead atoms. The highest BCUT2D eigenvalue weighted by atomic mass is 16.3. The summed E-state index contributed by atoms with van der Waals surface area (Å²) in [6.45, 7) is 3.12. The van der Waals surface area contributed by atoms with E-state index in [9.17, 15) is 9.90 Å². The zero-order valence-electron chi connectivity index (χ0n) is 9.91. The quantitative estimate of drug-likeness (QED) is 0.819. The van der Waals surface area contributed by atoms with Gasteiger partial charge in [-0.3, -0.25) is 9.78 Å². The Kier molecular flexibility index (Phi) is 3.68. The number of aliphatic hydroxyl groups is 1. The van der Waals surface area contributed by atoms with E-state index in [1.165, 1.54) is 12.4 Å². The minimum Gasteiger partial charge on any atom is -0.393 e. The van der Waals surface area contributed by atoms with Gasteiger partial charge in [-0.25, -0.2) is 4.98 Å². The number of carbonyl (C=O) groups excluding carboxylic acids is 1. The average Bonchev–Trinajstić information content (AvgIpc) is 2.39. The van der Waals surface area contributed by atoms with Gasteiger partial charge in [0.25, 0.3) is 5.91 Å². The maximum absolute atomic E-state index is 12.1. The van der Waals surface area contributed by atoms with Crippen LogP contribution in [0.25, 0.3) is 0 Å². The zero-order valence-corrected chi connectivity index (χ0v) is 9.91. The van der Waals surface area contributed by atoms with Crippen molar-refractivity contribution in [2.45, 2.75) is 25.9 Å². The van der Waals surface area contributed by atoms with Gasteiger partial charge in [0.05, 0.1) is 12.3 Å². The van der Waals surface area contributed by atoms with Crippen LogP contribution >= 0.6 is 0 Å². The molecule has 2 rings (SSSR count). The van der Waals surface area contributed by atoms with E-state index >= 15 is 0 Å². The predicted molar refractivity (Wildman–Crippen MR) is 62.3 cm³/mol. The lowest BCUT2D eigenvalue weighted by molar-refractivity contribution is 0.0461. The first-order chi connectivity index (χ1) is 8.18. The van der Waals surface area contributed by atoms with Crippen molar-refractivity contribution in [2.75, 3.05) is 13.1 Å². The number of hydrogen-bond acceptors (Lipinski definition) is 4. The third-order valence-electron chi connectivity index (χ3n) is 3.21. The number of piperidine rings is 1. The number of amides is 1. The standard InChI is InChI=1S/C12H17N3O2/c1-9(16)10-3-2-6-15(8-10)12(17)11-7-13-4-5-14-11/h4-5,7,9-10,16H,2-3,6,8H2,1H3. The highest BCUT2D eigenvalue weighted by Gasteiger charge is 2.27. The summed E-state index contributed by atoms with van der Waals surface area (Å²) in [6.07, 6.45) is 6.08. The molecule has 1 aliphatic rings. The van der Waals surface area contributed by atoms with E-state index in [2.05, 4.69) is 9.97 Å². The van der Waals surface area contributed by atoms with Gasteiger partial charge in [0, 0.05) is 31.4 Å². The third kappa shape index (κ3) is 2.79. The van der Waals surface area contributed by atoms with Crippen LogP contribution in [0.5, 0.6) is 0 Å². The molecule has 1 aromatic rings. The average molecular weight is 235 g/mol. The van der Waals surface area contributed by atoms with Gasteiger partial charge in [0.15, 0.2) is 0 Å². The molecule has 5 heteroatoms. The molecule has 1 aliphatic heterocycles. The van der Waals surface area contributed by atoms with Crippen LogP contribution in [-0.4, -0.2) is 45.1 Å². The van der Waals surface area contributed by atoms with Crippen LogP contribution in [0.3, 0.4) is 0 Å². The van der Waals surface area contributed by atoms with Crippen LogP contribution in [0.1, 0.15) is 30.3 Å². The molecule has 2 atom stereocenters. The number of carbonyl (C=O) groups is 1. The highest BCUT2D eigenvalue weighted by molar-refractivity contribution is 5.92. The highest BCUT2D eigenvalue weighted by Crippen LogP contribution is 2.20. The molecule has 0 aromatic carbocycles. The molecule has 1 aromatic heterocycles. The first-order valence-corrected chi connectivity index (χ1v) is 5.92. The molecule has 2 heterocycles. The van der Waals surface area contributed by atoms with Gasteiger partial charge >= 0.3 is 0 Å². The second-order valence-electron chi connectivity index (χ2n) is 4.48. The smallest absolute Gasteiger partial charge is 0.274 e. The van der Waals surface area contributed by atoms with E-state index in [4.69, 9.17) is 0 Å². The molecule has 0 radical (unpaired) electrons. The predicted octanol–water partition coefficient (Wildman–Crippen LogP) is 0.710. The van der Waals surface area contributed by atoms with Gasteiger partial charge in [-0.1, -0.05) is 0 Å². The Labute approximate surface area is 100 Å². The minimum absolute atomic E-state index is 0.0940. The van der Waals surface area contributed by atoms with E-state index in [1.807, 2.05) is 0 Å². The van der Waals surface area contributed by atoms with Gasteiger partial charge in [0.1, 0.15) is 5.69 Å². The molecule has 5 nitrogen and oxygen atoms in total. The number of aliphatic hydroxyl groups excluding tert-OH is 1. The summed E-state index contributed by atoms with van der Waals surface area (Å²) in [4.78, 5) is 21.8. The fourth-order valence-electron chi connectivity index (χ4n) is 2.16. The van der Waals surface area contributed by atoms with Crippen LogP contribution in [0.4, 0.5) is 0 Å². The van der Waals surface area contributed by atoms with Crippen LogP contribution in [-0.2, 0) is 0 Å². The maximum Gasteiger partial charge on any atom is 0.274 e. The second-order valence-corrected chi connectivity index (χ2v) is 4.48. The second kappa shape index (κ2) is 5.23. The third-order valence-corrected chi connectivity index (χ3v) is 3.21. The van der Waals surface area contributed by atoms with E-state index in [1.54, 1.807) is 18.0 Å². The fraction of sp³-hybridized carbons (Fsp3) is 0.583. The molecule has 2 unspecified atom stereocenters. The summed E-state index contributed by atoms with van der Waals surface area (Å²) < 4.78 is 0. The maximum atomic E-state index is 12.1. The van der Waals surface area contributed by atoms with E-state index in [0.29, 0.717) is 12.2 Å². The first-order valence-electron chi connectivity index (χ1n) is 5.92. The molecular weight excluding hydrogens is 218 g/mol. The van der Waals surface area contributed by atoms with E-state index in [0.717, 1.165) is 19.4 Å². The normalized spacial score (nSPS) is 22.2. The molecule has 92 valence electrons.